The third-order valence-corrected chi connectivity index (χ3v) is 6.25. The zero-order valence-corrected chi connectivity index (χ0v) is 17.6. The monoisotopic (exact) mass is 435 g/mol. The Hall–Kier alpha value is -2.05. The Bertz CT molecular complexity index is 902. The summed E-state index contributed by atoms with van der Waals surface area (Å²) in [6.45, 7) is 2.43. The van der Waals surface area contributed by atoms with Crippen molar-refractivity contribution in [2.45, 2.75) is 32.1 Å². The second-order valence-corrected chi connectivity index (χ2v) is 8.42. The number of rotatable bonds is 5. The first kappa shape index (κ1) is 20.2. The first-order chi connectivity index (χ1) is 14.0. The molecule has 29 heavy (non-hydrogen) atoms. The molecule has 2 fully saturated rings. The minimum Gasteiger partial charge on any atom is -0.441 e. The molecule has 0 N–H and O–H groups in total. The van der Waals surface area contributed by atoms with Crippen molar-refractivity contribution in [3.8, 4) is 11.3 Å². The number of oxazole rings is 1. The number of hydrogen-bond donors (Lipinski definition) is 0. The van der Waals surface area contributed by atoms with E-state index in [1.165, 1.54) is 0 Å². The largest absolute Gasteiger partial charge is 0.441 e. The number of piperazine rings is 1. The highest BCUT2D eigenvalue weighted by Gasteiger charge is 2.32. The number of carbonyl (C=O) groups is 2. The molecule has 154 valence electrons. The van der Waals surface area contributed by atoms with E-state index in [0.717, 1.165) is 19.3 Å². The molecule has 1 aliphatic carbocycles. The number of aryl methyl sites for hydroxylation is 1. The van der Waals surface area contributed by atoms with E-state index in [1.54, 1.807) is 24.4 Å². The number of amides is 2. The molecule has 0 unspecified atom stereocenters. The van der Waals surface area contributed by atoms with Crippen LogP contribution in [0.15, 0.2) is 28.8 Å². The van der Waals surface area contributed by atoms with Gasteiger partial charge in [0, 0.05) is 55.5 Å². The summed E-state index contributed by atoms with van der Waals surface area (Å²) in [5.74, 6) is 1.59. The molecule has 4 rings (SSSR count). The predicted octanol–water partition coefficient (Wildman–Crippen LogP) is 4.05. The minimum atomic E-state index is 0.0602. The van der Waals surface area contributed by atoms with Crippen LogP contribution < -0.4 is 0 Å². The molecule has 1 aromatic heterocycles. The third-order valence-electron chi connectivity index (χ3n) is 5.70. The summed E-state index contributed by atoms with van der Waals surface area (Å²) in [7, 11) is 0. The minimum absolute atomic E-state index is 0.0602. The number of benzene rings is 1. The molecule has 2 amide bonds. The van der Waals surface area contributed by atoms with E-state index in [-0.39, 0.29) is 17.7 Å². The molecule has 0 spiro atoms. The molecule has 0 radical (unpaired) electrons. The molecule has 1 saturated carbocycles. The molecule has 8 heteroatoms. The average molecular weight is 436 g/mol. The summed E-state index contributed by atoms with van der Waals surface area (Å²) in [4.78, 5) is 32.8. The van der Waals surface area contributed by atoms with Crippen LogP contribution in [-0.2, 0) is 16.0 Å². The lowest BCUT2D eigenvalue weighted by molar-refractivity contribution is -0.144. The summed E-state index contributed by atoms with van der Waals surface area (Å²) >= 11 is 12.1. The van der Waals surface area contributed by atoms with Gasteiger partial charge in [-0.15, -0.1) is 0 Å². The van der Waals surface area contributed by atoms with Gasteiger partial charge in [0.1, 0.15) is 0 Å². The third kappa shape index (κ3) is 4.59. The summed E-state index contributed by atoms with van der Waals surface area (Å²) in [6.07, 6.45) is 5.53. The van der Waals surface area contributed by atoms with Crippen molar-refractivity contribution in [2.24, 2.45) is 5.92 Å². The molecule has 2 aliphatic rings. The molecule has 0 bridgehead atoms. The van der Waals surface area contributed by atoms with Gasteiger partial charge in [0.15, 0.2) is 11.7 Å². The summed E-state index contributed by atoms with van der Waals surface area (Å²) in [5.41, 5.74) is 0.716. The Labute approximate surface area is 179 Å². The SMILES string of the molecule is O=C(CCc1ncc(-c2ccc(Cl)cc2Cl)o1)N1CCN(C(=O)C2CCC2)CC1. The first-order valence-electron chi connectivity index (χ1n) is 9.98. The molecule has 1 aromatic carbocycles. The highest BCUT2D eigenvalue weighted by molar-refractivity contribution is 6.36. The van der Waals surface area contributed by atoms with Crippen molar-refractivity contribution >= 4 is 35.0 Å². The van der Waals surface area contributed by atoms with Crippen molar-refractivity contribution in [1.82, 2.24) is 14.8 Å². The van der Waals surface area contributed by atoms with Gasteiger partial charge in [0.2, 0.25) is 11.8 Å². The van der Waals surface area contributed by atoms with E-state index in [2.05, 4.69) is 4.98 Å². The molecular formula is C21H23Cl2N3O3. The topological polar surface area (TPSA) is 66.7 Å². The van der Waals surface area contributed by atoms with Gasteiger partial charge in [0.05, 0.1) is 11.2 Å². The highest BCUT2D eigenvalue weighted by atomic mass is 35.5. The van der Waals surface area contributed by atoms with Gasteiger partial charge in [-0.1, -0.05) is 29.6 Å². The van der Waals surface area contributed by atoms with Crippen molar-refractivity contribution < 1.29 is 14.0 Å². The average Bonchev–Trinajstić information content (AvgIpc) is 3.13. The van der Waals surface area contributed by atoms with E-state index in [0.29, 0.717) is 66.3 Å². The number of nitrogens with zero attached hydrogens (tertiary/aromatic N) is 3. The molecule has 2 heterocycles. The molecule has 0 atom stereocenters. The lowest BCUT2D eigenvalue weighted by Crippen LogP contribution is -2.52. The number of hydrogen-bond acceptors (Lipinski definition) is 4. The van der Waals surface area contributed by atoms with Gasteiger partial charge in [-0.3, -0.25) is 9.59 Å². The van der Waals surface area contributed by atoms with Gasteiger partial charge >= 0.3 is 0 Å². The van der Waals surface area contributed by atoms with Crippen LogP contribution in [0.1, 0.15) is 31.6 Å². The van der Waals surface area contributed by atoms with Crippen LogP contribution >= 0.6 is 23.2 Å². The van der Waals surface area contributed by atoms with Gasteiger partial charge < -0.3 is 14.2 Å². The maximum absolute atomic E-state index is 12.5. The molecule has 2 aromatic rings. The number of aromatic nitrogens is 1. The maximum Gasteiger partial charge on any atom is 0.225 e. The second kappa shape index (κ2) is 8.76. The Balaban J connectivity index is 1.27. The Morgan fingerprint density at radius 3 is 2.48 bits per heavy atom. The fraction of sp³-hybridized carbons (Fsp3) is 0.476. The highest BCUT2D eigenvalue weighted by Crippen LogP contribution is 2.31. The van der Waals surface area contributed by atoms with Crippen molar-refractivity contribution in [1.29, 1.82) is 0 Å². The van der Waals surface area contributed by atoms with Gasteiger partial charge in [-0.25, -0.2) is 4.98 Å². The predicted molar refractivity (Wildman–Crippen MR) is 111 cm³/mol. The van der Waals surface area contributed by atoms with Crippen LogP contribution in [0.5, 0.6) is 0 Å². The standard InChI is InChI=1S/C21H23Cl2N3O3/c22-15-4-5-16(17(23)12-15)18-13-24-19(29-18)6-7-20(27)25-8-10-26(11-9-25)21(28)14-2-1-3-14/h4-5,12-14H,1-3,6-11H2. The number of carbonyl (C=O) groups excluding carboxylic acids is 2. The van der Waals surface area contributed by atoms with Crippen LogP contribution in [-0.4, -0.2) is 52.8 Å². The maximum atomic E-state index is 12.5. The van der Waals surface area contributed by atoms with E-state index >= 15 is 0 Å². The number of halogens is 2. The van der Waals surface area contributed by atoms with Crippen molar-refractivity contribution in [3.05, 3.63) is 40.3 Å². The summed E-state index contributed by atoms with van der Waals surface area (Å²) in [5, 5.41) is 1.05. The lowest BCUT2D eigenvalue weighted by Gasteiger charge is -2.38. The zero-order chi connectivity index (χ0) is 20.4. The van der Waals surface area contributed by atoms with E-state index in [4.69, 9.17) is 27.6 Å². The Morgan fingerprint density at radius 2 is 1.83 bits per heavy atom. The lowest BCUT2D eigenvalue weighted by atomic mass is 9.84. The Morgan fingerprint density at radius 1 is 1.10 bits per heavy atom. The smallest absolute Gasteiger partial charge is 0.225 e. The molecule has 1 aliphatic heterocycles. The summed E-state index contributed by atoms with van der Waals surface area (Å²) < 4.78 is 5.76. The molecule has 6 nitrogen and oxygen atoms in total. The molecular weight excluding hydrogens is 413 g/mol. The van der Waals surface area contributed by atoms with Crippen LogP contribution in [0.3, 0.4) is 0 Å². The van der Waals surface area contributed by atoms with Crippen LogP contribution in [0.2, 0.25) is 10.0 Å². The van der Waals surface area contributed by atoms with E-state index in [9.17, 15) is 9.59 Å². The van der Waals surface area contributed by atoms with Gasteiger partial charge in [-0.2, -0.15) is 0 Å². The van der Waals surface area contributed by atoms with Crippen LogP contribution in [0.4, 0.5) is 0 Å². The second-order valence-electron chi connectivity index (χ2n) is 7.58. The Kier molecular flexibility index (Phi) is 6.11. The van der Waals surface area contributed by atoms with Crippen LogP contribution in [0.25, 0.3) is 11.3 Å². The fourth-order valence-corrected chi connectivity index (χ4v) is 4.20. The zero-order valence-electron chi connectivity index (χ0n) is 16.1. The van der Waals surface area contributed by atoms with Crippen molar-refractivity contribution in [3.63, 3.8) is 0 Å². The van der Waals surface area contributed by atoms with Gasteiger partial charge in [-0.05, 0) is 31.0 Å². The van der Waals surface area contributed by atoms with Gasteiger partial charge in [0.25, 0.3) is 0 Å². The molecule has 1 saturated heterocycles. The van der Waals surface area contributed by atoms with Crippen molar-refractivity contribution in [2.75, 3.05) is 26.2 Å². The normalized spacial score (nSPS) is 17.3. The fourth-order valence-electron chi connectivity index (χ4n) is 3.70. The summed E-state index contributed by atoms with van der Waals surface area (Å²) in [6, 6.07) is 5.17. The van der Waals surface area contributed by atoms with E-state index < -0.39 is 0 Å². The first-order valence-corrected chi connectivity index (χ1v) is 10.7. The quantitative estimate of drug-likeness (QED) is 0.710. The van der Waals surface area contributed by atoms with E-state index in [1.807, 2.05) is 9.80 Å². The van der Waals surface area contributed by atoms with Crippen LogP contribution in [0, 0.1) is 5.92 Å².